The molecule has 1 saturated heterocycles. The molecule has 1 aliphatic rings. The second-order valence-corrected chi connectivity index (χ2v) is 6.70. The van der Waals surface area contributed by atoms with Crippen molar-refractivity contribution in [2.24, 2.45) is 0 Å². The van der Waals surface area contributed by atoms with E-state index in [0.29, 0.717) is 24.6 Å². The van der Waals surface area contributed by atoms with Crippen LogP contribution >= 0.6 is 0 Å². The first kappa shape index (κ1) is 17.5. The molecule has 138 valence electrons. The molecule has 7 heteroatoms. The van der Waals surface area contributed by atoms with Crippen LogP contribution in [0.15, 0.2) is 53.5 Å². The molecule has 27 heavy (non-hydrogen) atoms. The van der Waals surface area contributed by atoms with Crippen LogP contribution in [0.2, 0.25) is 0 Å². The van der Waals surface area contributed by atoms with E-state index in [1.54, 1.807) is 24.4 Å². The molecule has 3 heterocycles. The molecular formula is C20H18F2N4O. The van der Waals surface area contributed by atoms with Crippen molar-refractivity contribution in [3.8, 4) is 11.5 Å². The Hall–Kier alpha value is -2.93. The Morgan fingerprint density at radius 1 is 1.15 bits per heavy atom. The first-order valence-corrected chi connectivity index (χ1v) is 8.77. The van der Waals surface area contributed by atoms with Crippen molar-refractivity contribution in [3.05, 3.63) is 81.9 Å². The van der Waals surface area contributed by atoms with Gasteiger partial charge in [-0.25, -0.2) is 13.8 Å². The predicted octanol–water partition coefficient (Wildman–Crippen LogP) is 3.10. The molecule has 1 aromatic carbocycles. The van der Waals surface area contributed by atoms with Gasteiger partial charge in [-0.05, 0) is 42.8 Å². The fraction of sp³-hybridized carbons (Fsp3) is 0.250. The van der Waals surface area contributed by atoms with Gasteiger partial charge in [0.1, 0.15) is 5.69 Å². The van der Waals surface area contributed by atoms with Crippen molar-refractivity contribution in [3.63, 3.8) is 0 Å². The van der Waals surface area contributed by atoms with Crippen LogP contribution < -0.4 is 5.56 Å². The Balaban J connectivity index is 1.51. The van der Waals surface area contributed by atoms with Crippen molar-refractivity contribution in [2.45, 2.75) is 18.9 Å². The van der Waals surface area contributed by atoms with E-state index in [9.17, 15) is 13.6 Å². The molecule has 0 unspecified atom stereocenters. The van der Waals surface area contributed by atoms with Crippen LogP contribution in [-0.4, -0.2) is 32.9 Å². The number of pyridine rings is 1. The molecule has 0 bridgehead atoms. The Morgan fingerprint density at radius 2 is 2.04 bits per heavy atom. The third-order valence-electron chi connectivity index (χ3n) is 4.75. The summed E-state index contributed by atoms with van der Waals surface area (Å²) in [4.78, 5) is 25.8. The molecular weight excluding hydrogens is 350 g/mol. The number of nitrogens with one attached hydrogen (secondary N) is 1. The SMILES string of the molecule is O=c1cc([C@@H]2CCN(Cc3ccc(F)c(F)c3)C2)nc(-c2ccccn2)[nH]1. The zero-order chi connectivity index (χ0) is 18.8. The maximum Gasteiger partial charge on any atom is 0.251 e. The van der Waals surface area contributed by atoms with Gasteiger partial charge in [0.15, 0.2) is 17.5 Å². The highest BCUT2D eigenvalue weighted by molar-refractivity contribution is 5.48. The molecule has 0 aliphatic carbocycles. The average Bonchev–Trinajstić information content (AvgIpc) is 3.13. The highest BCUT2D eigenvalue weighted by Crippen LogP contribution is 2.27. The summed E-state index contributed by atoms with van der Waals surface area (Å²) in [6.07, 6.45) is 2.50. The third kappa shape index (κ3) is 3.93. The Bertz CT molecular complexity index is 1010. The van der Waals surface area contributed by atoms with Crippen molar-refractivity contribution < 1.29 is 8.78 Å². The molecule has 2 aromatic heterocycles. The summed E-state index contributed by atoms with van der Waals surface area (Å²) in [5.41, 5.74) is 1.86. The van der Waals surface area contributed by atoms with Gasteiger partial charge in [0, 0.05) is 31.3 Å². The topological polar surface area (TPSA) is 61.9 Å². The number of hydrogen-bond donors (Lipinski definition) is 1. The number of halogens is 2. The monoisotopic (exact) mass is 368 g/mol. The molecule has 1 aliphatic heterocycles. The van der Waals surface area contributed by atoms with Crippen LogP contribution in [0.3, 0.4) is 0 Å². The van der Waals surface area contributed by atoms with E-state index in [2.05, 4.69) is 19.9 Å². The van der Waals surface area contributed by atoms with Crippen molar-refractivity contribution >= 4 is 0 Å². The Labute approximate surface area is 154 Å². The fourth-order valence-electron chi connectivity index (χ4n) is 3.42. The Morgan fingerprint density at radius 3 is 2.81 bits per heavy atom. The molecule has 3 aromatic rings. The van der Waals surface area contributed by atoms with E-state index in [1.807, 2.05) is 6.07 Å². The molecule has 5 nitrogen and oxygen atoms in total. The normalized spacial score (nSPS) is 17.3. The van der Waals surface area contributed by atoms with Crippen LogP contribution in [0.5, 0.6) is 0 Å². The summed E-state index contributed by atoms with van der Waals surface area (Å²) in [5.74, 6) is -1.11. The quantitative estimate of drug-likeness (QED) is 0.769. The molecule has 0 radical (unpaired) electrons. The summed E-state index contributed by atoms with van der Waals surface area (Å²) < 4.78 is 26.5. The first-order chi connectivity index (χ1) is 13.1. The van der Waals surface area contributed by atoms with Gasteiger partial charge in [0.05, 0.1) is 5.69 Å². The van der Waals surface area contributed by atoms with Crippen molar-refractivity contribution in [1.29, 1.82) is 0 Å². The highest BCUT2D eigenvalue weighted by atomic mass is 19.2. The fourth-order valence-corrected chi connectivity index (χ4v) is 3.42. The lowest BCUT2D eigenvalue weighted by Crippen LogP contribution is -2.21. The minimum Gasteiger partial charge on any atom is -0.305 e. The maximum absolute atomic E-state index is 13.4. The number of rotatable bonds is 4. The van der Waals surface area contributed by atoms with Gasteiger partial charge in [0.25, 0.3) is 5.56 Å². The summed E-state index contributed by atoms with van der Waals surface area (Å²) >= 11 is 0. The molecule has 0 spiro atoms. The zero-order valence-corrected chi connectivity index (χ0v) is 14.5. The summed E-state index contributed by atoms with van der Waals surface area (Å²) in [6, 6.07) is 10.9. The summed E-state index contributed by atoms with van der Waals surface area (Å²) in [7, 11) is 0. The number of likely N-dealkylation sites (tertiary alicyclic amines) is 1. The van der Waals surface area contributed by atoms with Crippen LogP contribution in [0.1, 0.15) is 23.6 Å². The number of nitrogens with zero attached hydrogens (tertiary/aromatic N) is 3. The lowest BCUT2D eigenvalue weighted by Gasteiger charge is -2.16. The zero-order valence-electron chi connectivity index (χ0n) is 14.5. The van der Waals surface area contributed by atoms with Crippen LogP contribution in [0.4, 0.5) is 8.78 Å². The van der Waals surface area contributed by atoms with Crippen LogP contribution in [0.25, 0.3) is 11.5 Å². The van der Waals surface area contributed by atoms with Crippen molar-refractivity contribution in [2.75, 3.05) is 13.1 Å². The largest absolute Gasteiger partial charge is 0.305 e. The van der Waals surface area contributed by atoms with E-state index in [4.69, 9.17) is 0 Å². The smallest absolute Gasteiger partial charge is 0.251 e. The lowest BCUT2D eigenvalue weighted by molar-refractivity contribution is 0.325. The molecule has 1 fully saturated rings. The highest BCUT2D eigenvalue weighted by Gasteiger charge is 2.26. The standard InChI is InChI=1S/C20H18F2N4O/c21-15-5-4-13(9-16(15)22)11-26-8-6-14(12-26)18-10-19(27)25-20(24-18)17-3-1-2-7-23-17/h1-5,7,9-10,14H,6,8,11-12H2,(H,24,25,27)/t14-/m1/s1. The first-order valence-electron chi connectivity index (χ1n) is 8.77. The van der Waals surface area contributed by atoms with E-state index in [-0.39, 0.29) is 11.5 Å². The van der Waals surface area contributed by atoms with Gasteiger partial charge < -0.3 is 4.98 Å². The molecule has 0 saturated carbocycles. The van der Waals surface area contributed by atoms with Crippen LogP contribution in [0, 0.1) is 11.6 Å². The number of hydrogen-bond acceptors (Lipinski definition) is 4. The van der Waals surface area contributed by atoms with Gasteiger partial charge in [-0.2, -0.15) is 0 Å². The summed E-state index contributed by atoms with van der Waals surface area (Å²) in [6.45, 7) is 2.04. The lowest BCUT2D eigenvalue weighted by atomic mass is 10.0. The number of H-pyrrole nitrogens is 1. The Kier molecular flexibility index (Phi) is 4.77. The van der Waals surface area contributed by atoms with E-state index in [1.165, 1.54) is 12.1 Å². The van der Waals surface area contributed by atoms with Gasteiger partial charge in [-0.3, -0.25) is 14.7 Å². The van der Waals surface area contributed by atoms with E-state index < -0.39 is 11.6 Å². The van der Waals surface area contributed by atoms with Gasteiger partial charge in [-0.15, -0.1) is 0 Å². The molecule has 0 amide bonds. The second-order valence-electron chi connectivity index (χ2n) is 6.70. The van der Waals surface area contributed by atoms with Gasteiger partial charge in [-0.1, -0.05) is 12.1 Å². The number of benzene rings is 1. The minimum absolute atomic E-state index is 0.111. The van der Waals surface area contributed by atoms with Crippen LogP contribution in [-0.2, 0) is 6.54 Å². The average molecular weight is 368 g/mol. The van der Waals surface area contributed by atoms with Gasteiger partial charge in [0.2, 0.25) is 0 Å². The second kappa shape index (κ2) is 7.36. The van der Waals surface area contributed by atoms with E-state index >= 15 is 0 Å². The van der Waals surface area contributed by atoms with E-state index in [0.717, 1.165) is 30.3 Å². The maximum atomic E-state index is 13.4. The third-order valence-corrected chi connectivity index (χ3v) is 4.75. The number of aromatic amines is 1. The number of aromatic nitrogens is 3. The molecule has 1 atom stereocenters. The molecule has 4 rings (SSSR count). The predicted molar refractivity (Wildman–Crippen MR) is 97.1 cm³/mol. The minimum atomic E-state index is -0.840. The molecule has 1 N–H and O–H groups in total. The van der Waals surface area contributed by atoms with Gasteiger partial charge >= 0.3 is 0 Å². The summed E-state index contributed by atoms with van der Waals surface area (Å²) in [5, 5.41) is 0. The van der Waals surface area contributed by atoms with Crippen molar-refractivity contribution in [1.82, 2.24) is 19.9 Å².